The lowest BCUT2D eigenvalue weighted by Gasteiger charge is -2.22. The van der Waals surface area contributed by atoms with Gasteiger partial charge in [0.2, 0.25) is 6.10 Å². The van der Waals surface area contributed by atoms with Crippen LogP contribution in [-0.4, -0.2) is 22.2 Å². The molecule has 110 valence electrons. The number of nitrogens with zero attached hydrogens (tertiary/aromatic N) is 1. The van der Waals surface area contributed by atoms with Gasteiger partial charge in [-0.15, -0.1) is 0 Å². The van der Waals surface area contributed by atoms with E-state index in [2.05, 4.69) is 4.98 Å². The van der Waals surface area contributed by atoms with Gasteiger partial charge < -0.3 is 9.84 Å². The first-order chi connectivity index (χ1) is 9.88. The number of carboxylic acids is 1. The molecule has 1 atom stereocenters. The van der Waals surface area contributed by atoms with Crippen molar-refractivity contribution >= 4 is 5.97 Å². The Balaban J connectivity index is 2.26. The van der Waals surface area contributed by atoms with Crippen molar-refractivity contribution in [2.45, 2.75) is 12.3 Å². The number of alkyl halides is 3. The van der Waals surface area contributed by atoms with Crippen LogP contribution in [0.1, 0.15) is 22.0 Å². The first-order valence-electron chi connectivity index (χ1n) is 5.84. The van der Waals surface area contributed by atoms with Crippen LogP contribution >= 0.6 is 0 Å². The SMILES string of the molecule is O=C(O)c1ccc(OC(c2ccncc2)C(F)(F)F)cc1. The first-order valence-corrected chi connectivity index (χ1v) is 5.84. The molecule has 4 nitrogen and oxygen atoms in total. The number of rotatable bonds is 4. The molecule has 0 aliphatic rings. The summed E-state index contributed by atoms with van der Waals surface area (Å²) in [7, 11) is 0. The van der Waals surface area contributed by atoms with Gasteiger partial charge in [-0.1, -0.05) is 0 Å². The zero-order valence-corrected chi connectivity index (χ0v) is 10.5. The molecular weight excluding hydrogens is 287 g/mol. The number of hydrogen-bond acceptors (Lipinski definition) is 3. The lowest BCUT2D eigenvalue weighted by atomic mass is 10.1. The van der Waals surface area contributed by atoms with Crippen molar-refractivity contribution in [2.75, 3.05) is 0 Å². The number of halogens is 3. The molecule has 0 spiro atoms. The predicted molar refractivity (Wildman–Crippen MR) is 67.1 cm³/mol. The Morgan fingerprint density at radius 3 is 2.14 bits per heavy atom. The Bertz CT molecular complexity index is 612. The summed E-state index contributed by atoms with van der Waals surface area (Å²) in [6.07, 6.45) is -4.26. The highest BCUT2D eigenvalue weighted by Crippen LogP contribution is 2.36. The summed E-state index contributed by atoms with van der Waals surface area (Å²) in [5, 5.41) is 8.74. The van der Waals surface area contributed by atoms with Crippen LogP contribution in [0.2, 0.25) is 0 Å². The zero-order valence-electron chi connectivity index (χ0n) is 10.5. The van der Waals surface area contributed by atoms with E-state index < -0.39 is 18.2 Å². The van der Waals surface area contributed by atoms with Crippen LogP contribution in [0.4, 0.5) is 13.2 Å². The van der Waals surface area contributed by atoms with E-state index in [0.717, 1.165) is 0 Å². The normalized spacial score (nSPS) is 12.7. The molecule has 0 radical (unpaired) electrons. The summed E-state index contributed by atoms with van der Waals surface area (Å²) in [6.45, 7) is 0. The molecule has 1 aromatic carbocycles. The zero-order chi connectivity index (χ0) is 15.5. The molecular formula is C14H10F3NO3. The molecule has 7 heteroatoms. The second kappa shape index (κ2) is 5.82. The number of ether oxygens (including phenoxy) is 1. The highest BCUT2D eigenvalue weighted by atomic mass is 19.4. The molecule has 2 aromatic rings. The Labute approximate surface area is 117 Å². The molecule has 1 aromatic heterocycles. The van der Waals surface area contributed by atoms with E-state index in [1.807, 2.05) is 0 Å². The lowest BCUT2D eigenvalue weighted by Crippen LogP contribution is -2.26. The Kier molecular flexibility index (Phi) is 4.11. The third kappa shape index (κ3) is 3.71. The number of carboxylic acid groups (broad SMARTS) is 1. The Morgan fingerprint density at radius 2 is 1.67 bits per heavy atom. The number of aromatic carboxylic acids is 1. The standard InChI is InChI=1S/C14H10F3NO3/c15-14(16,17)12(9-5-7-18-8-6-9)21-11-3-1-10(2-4-11)13(19)20/h1-8,12H,(H,19,20). The van der Waals surface area contributed by atoms with Crippen molar-refractivity contribution in [2.24, 2.45) is 0 Å². The number of carbonyl (C=O) groups is 1. The quantitative estimate of drug-likeness (QED) is 0.938. The molecule has 1 unspecified atom stereocenters. The van der Waals surface area contributed by atoms with Crippen LogP contribution in [0.15, 0.2) is 48.8 Å². The van der Waals surface area contributed by atoms with Crippen LogP contribution in [0.5, 0.6) is 5.75 Å². The molecule has 0 aliphatic heterocycles. The van der Waals surface area contributed by atoms with Crippen molar-refractivity contribution in [1.82, 2.24) is 4.98 Å². The van der Waals surface area contributed by atoms with Crippen molar-refractivity contribution < 1.29 is 27.8 Å². The van der Waals surface area contributed by atoms with Gasteiger partial charge in [-0.25, -0.2) is 4.79 Å². The van der Waals surface area contributed by atoms with E-state index in [1.54, 1.807) is 0 Å². The maximum atomic E-state index is 13.1. The molecule has 0 amide bonds. The summed E-state index contributed by atoms with van der Waals surface area (Å²) < 4.78 is 44.1. The average Bonchev–Trinajstić information content (AvgIpc) is 2.45. The number of pyridine rings is 1. The van der Waals surface area contributed by atoms with Crippen LogP contribution in [0.25, 0.3) is 0 Å². The van der Waals surface area contributed by atoms with Crippen LogP contribution in [0, 0.1) is 0 Å². The summed E-state index contributed by atoms with van der Waals surface area (Å²) in [5.74, 6) is -1.23. The van der Waals surface area contributed by atoms with E-state index in [0.29, 0.717) is 0 Å². The average molecular weight is 297 g/mol. The third-order valence-electron chi connectivity index (χ3n) is 2.66. The molecule has 2 rings (SSSR count). The van der Waals surface area contributed by atoms with E-state index >= 15 is 0 Å². The number of benzene rings is 1. The maximum absolute atomic E-state index is 13.1. The molecule has 0 bridgehead atoms. The molecule has 0 saturated carbocycles. The lowest BCUT2D eigenvalue weighted by molar-refractivity contribution is -0.198. The first kappa shape index (κ1) is 14.8. The van der Waals surface area contributed by atoms with Crippen LogP contribution < -0.4 is 4.74 Å². The second-order valence-corrected chi connectivity index (χ2v) is 4.15. The van der Waals surface area contributed by atoms with Gasteiger partial charge in [-0.2, -0.15) is 13.2 Å². The predicted octanol–water partition coefficient (Wildman–Crippen LogP) is 3.46. The van der Waals surface area contributed by atoms with E-state index in [-0.39, 0.29) is 16.9 Å². The second-order valence-electron chi connectivity index (χ2n) is 4.15. The largest absolute Gasteiger partial charge is 0.478 e. The van der Waals surface area contributed by atoms with Gasteiger partial charge in [-0.3, -0.25) is 4.98 Å². The molecule has 0 saturated heterocycles. The smallest absolute Gasteiger partial charge is 0.429 e. The van der Waals surface area contributed by atoms with Crippen molar-refractivity contribution in [3.63, 3.8) is 0 Å². The minimum Gasteiger partial charge on any atom is -0.478 e. The van der Waals surface area contributed by atoms with Gasteiger partial charge >= 0.3 is 12.1 Å². The minimum absolute atomic E-state index is 0.0326. The van der Waals surface area contributed by atoms with Gasteiger partial charge in [0.05, 0.1) is 5.56 Å². The molecule has 0 fully saturated rings. The molecule has 21 heavy (non-hydrogen) atoms. The van der Waals surface area contributed by atoms with Gasteiger partial charge in [0.25, 0.3) is 0 Å². The molecule has 1 heterocycles. The Morgan fingerprint density at radius 1 is 1.10 bits per heavy atom. The van der Waals surface area contributed by atoms with Gasteiger partial charge in [0, 0.05) is 18.0 Å². The Hall–Kier alpha value is -2.57. The monoisotopic (exact) mass is 297 g/mol. The maximum Gasteiger partial charge on any atom is 0.429 e. The summed E-state index contributed by atoms with van der Waals surface area (Å²) in [5.41, 5.74) is -0.116. The van der Waals surface area contributed by atoms with Crippen LogP contribution in [-0.2, 0) is 0 Å². The number of aromatic nitrogens is 1. The summed E-state index contributed by atoms with van der Waals surface area (Å²) in [6, 6.07) is 7.15. The van der Waals surface area contributed by atoms with Gasteiger partial charge in [-0.05, 0) is 36.4 Å². The fourth-order valence-electron chi connectivity index (χ4n) is 1.67. The fraction of sp³-hybridized carbons (Fsp3) is 0.143. The number of hydrogen-bond donors (Lipinski definition) is 1. The van der Waals surface area contributed by atoms with E-state index in [4.69, 9.17) is 9.84 Å². The molecule has 0 aliphatic carbocycles. The summed E-state index contributed by atoms with van der Waals surface area (Å²) in [4.78, 5) is 14.3. The van der Waals surface area contributed by atoms with Crippen molar-refractivity contribution in [3.8, 4) is 5.75 Å². The van der Waals surface area contributed by atoms with Gasteiger partial charge in [0.1, 0.15) is 5.75 Å². The van der Waals surface area contributed by atoms with Gasteiger partial charge in [0.15, 0.2) is 0 Å². The van der Waals surface area contributed by atoms with E-state index in [1.165, 1.54) is 48.8 Å². The van der Waals surface area contributed by atoms with Crippen LogP contribution in [0.3, 0.4) is 0 Å². The molecule has 1 N–H and O–H groups in total. The van der Waals surface area contributed by atoms with Crippen molar-refractivity contribution in [3.05, 3.63) is 59.9 Å². The van der Waals surface area contributed by atoms with Crippen molar-refractivity contribution in [1.29, 1.82) is 0 Å². The fourth-order valence-corrected chi connectivity index (χ4v) is 1.67. The summed E-state index contributed by atoms with van der Waals surface area (Å²) >= 11 is 0. The highest BCUT2D eigenvalue weighted by Gasteiger charge is 2.43. The third-order valence-corrected chi connectivity index (χ3v) is 2.66. The highest BCUT2D eigenvalue weighted by molar-refractivity contribution is 5.87. The minimum atomic E-state index is -4.60. The van der Waals surface area contributed by atoms with E-state index in [9.17, 15) is 18.0 Å². The topological polar surface area (TPSA) is 59.4 Å².